The maximum absolute atomic E-state index is 12.0. The van der Waals surface area contributed by atoms with Crippen LogP contribution in [0.3, 0.4) is 0 Å². The van der Waals surface area contributed by atoms with E-state index in [-0.39, 0.29) is 24.2 Å². The van der Waals surface area contributed by atoms with E-state index in [2.05, 4.69) is 15.8 Å². The number of hydrazone groups is 1. The van der Waals surface area contributed by atoms with Crippen LogP contribution in [0, 0.1) is 0 Å². The van der Waals surface area contributed by atoms with Crippen molar-refractivity contribution in [1.82, 2.24) is 5.43 Å². The van der Waals surface area contributed by atoms with E-state index in [1.54, 1.807) is 66.7 Å². The summed E-state index contributed by atoms with van der Waals surface area (Å²) in [6.07, 6.45) is 1.52. The molecule has 34 heavy (non-hydrogen) atoms. The maximum atomic E-state index is 12.0. The Hall–Kier alpha value is -2.71. The molecule has 0 unspecified atom stereocenters. The molecule has 0 aliphatic carbocycles. The SMILES string of the molecule is O=C(CSCc1c(Cl)cccc1Cl)N/N=C\c1ccc(OCC(=O)Nc2ccccc2Cl)cc1. The van der Waals surface area contributed by atoms with Crippen molar-refractivity contribution < 1.29 is 14.3 Å². The maximum Gasteiger partial charge on any atom is 0.262 e. The number of nitrogens with one attached hydrogen (secondary N) is 2. The summed E-state index contributed by atoms with van der Waals surface area (Å²) in [6, 6.07) is 19.2. The van der Waals surface area contributed by atoms with Crippen molar-refractivity contribution in [1.29, 1.82) is 0 Å². The van der Waals surface area contributed by atoms with Crippen LogP contribution in [0.25, 0.3) is 0 Å². The smallest absolute Gasteiger partial charge is 0.262 e. The number of amides is 2. The summed E-state index contributed by atoms with van der Waals surface area (Å²) in [6.45, 7) is -0.161. The lowest BCUT2D eigenvalue weighted by Crippen LogP contribution is -2.20. The molecule has 2 amide bonds. The zero-order chi connectivity index (χ0) is 24.3. The summed E-state index contributed by atoms with van der Waals surface area (Å²) < 4.78 is 5.48. The predicted molar refractivity (Wildman–Crippen MR) is 140 cm³/mol. The molecular weight excluding hydrogens is 517 g/mol. The Morgan fingerprint density at radius 2 is 1.56 bits per heavy atom. The Morgan fingerprint density at radius 3 is 2.26 bits per heavy atom. The third-order valence-corrected chi connectivity index (χ3v) is 6.34. The van der Waals surface area contributed by atoms with Gasteiger partial charge in [-0.2, -0.15) is 5.10 Å². The average molecular weight is 537 g/mol. The standard InChI is InChI=1S/C24H20Cl3N3O3S/c25-19-5-3-6-20(26)18(19)14-34-15-24(32)30-28-12-16-8-10-17(11-9-16)33-13-23(31)29-22-7-2-1-4-21(22)27/h1-12H,13-15H2,(H,29,31)(H,30,32)/b28-12-. The van der Waals surface area contributed by atoms with Gasteiger partial charge in [-0.1, -0.05) is 53.0 Å². The van der Waals surface area contributed by atoms with Gasteiger partial charge in [0.15, 0.2) is 6.61 Å². The van der Waals surface area contributed by atoms with Gasteiger partial charge in [0.05, 0.1) is 22.7 Å². The second kappa shape index (κ2) is 13.2. The molecule has 0 spiro atoms. The normalized spacial score (nSPS) is 10.8. The highest BCUT2D eigenvalue weighted by Crippen LogP contribution is 2.28. The fourth-order valence-corrected chi connectivity index (χ4v) is 4.41. The van der Waals surface area contributed by atoms with Crippen LogP contribution >= 0.6 is 46.6 Å². The van der Waals surface area contributed by atoms with E-state index >= 15 is 0 Å². The van der Waals surface area contributed by atoms with Crippen LogP contribution in [-0.2, 0) is 15.3 Å². The third kappa shape index (κ3) is 8.25. The lowest BCUT2D eigenvalue weighted by molar-refractivity contribution is -0.119. The van der Waals surface area contributed by atoms with Gasteiger partial charge in [0.25, 0.3) is 5.91 Å². The molecule has 0 atom stereocenters. The molecule has 0 aliphatic rings. The zero-order valence-corrected chi connectivity index (χ0v) is 20.8. The number of carbonyl (C=O) groups is 2. The van der Waals surface area contributed by atoms with E-state index in [4.69, 9.17) is 39.5 Å². The van der Waals surface area contributed by atoms with E-state index in [0.29, 0.717) is 32.3 Å². The molecular formula is C24H20Cl3N3O3S. The first-order chi connectivity index (χ1) is 16.4. The van der Waals surface area contributed by atoms with Crippen molar-refractivity contribution in [3.8, 4) is 5.75 Å². The lowest BCUT2D eigenvalue weighted by atomic mass is 10.2. The van der Waals surface area contributed by atoms with Crippen LogP contribution < -0.4 is 15.5 Å². The predicted octanol–water partition coefficient (Wildman–Crippen LogP) is 6.05. The van der Waals surface area contributed by atoms with Gasteiger partial charge in [0.2, 0.25) is 5.91 Å². The fourth-order valence-electron chi connectivity index (χ4n) is 2.67. The number of hydrogen-bond donors (Lipinski definition) is 2. The van der Waals surface area contributed by atoms with Crippen LogP contribution in [0.2, 0.25) is 15.1 Å². The molecule has 176 valence electrons. The van der Waals surface area contributed by atoms with Gasteiger partial charge >= 0.3 is 0 Å². The number of anilines is 1. The number of para-hydroxylation sites is 1. The number of carbonyl (C=O) groups excluding carboxylic acids is 2. The van der Waals surface area contributed by atoms with E-state index in [9.17, 15) is 9.59 Å². The molecule has 2 N–H and O–H groups in total. The Labute approximate surface area is 216 Å². The molecule has 3 aromatic carbocycles. The van der Waals surface area contributed by atoms with Gasteiger partial charge in [0, 0.05) is 15.8 Å². The second-order valence-electron chi connectivity index (χ2n) is 6.87. The van der Waals surface area contributed by atoms with Gasteiger partial charge in [-0.15, -0.1) is 11.8 Å². The van der Waals surface area contributed by atoms with Crippen LogP contribution in [0.4, 0.5) is 5.69 Å². The van der Waals surface area contributed by atoms with Gasteiger partial charge in [-0.05, 0) is 59.7 Å². The molecule has 0 aromatic heterocycles. The average Bonchev–Trinajstić information content (AvgIpc) is 2.82. The number of thioether (sulfide) groups is 1. The van der Waals surface area contributed by atoms with Crippen LogP contribution in [-0.4, -0.2) is 30.4 Å². The zero-order valence-electron chi connectivity index (χ0n) is 17.8. The number of nitrogens with zero attached hydrogens (tertiary/aromatic N) is 1. The van der Waals surface area contributed by atoms with Gasteiger partial charge in [-0.3, -0.25) is 9.59 Å². The van der Waals surface area contributed by atoms with Gasteiger partial charge in [-0.25, -0.2) is 5.43 Å². The molecule has 3 aromatic rings. The highest BCUT2D eigenvalue weighted by Gasteiger charge is 2.08. The number of rotatable bonds is 10. The van der Waals surface area contributed by atoms with E-state index in [1.807, 2.05) is 0 Å². The van der Waals surface area contributed by atoms with Crippen LogP contribution in [0.5, 0.6) is 5.75 Å². The summed E-state index contributed by atoms with van der Waals surface area (Å²) in [5.41, 5.74) is 4.56. The Balaban J connectivity index is 1.38. The van der Waals surface area contributed by atoms with Crippen molar-refractivity contribution in [2.75, 3.05) is 17.7 Å². The second-order valence-corrected chi connectivity index (χ2v) is 9.08. The molecule has 3 rings (SSSR count). The Morgan fingerprint density at radius 1 is 0.882 bits per heavy atom. The summed E-state index contributed by atoms with van der Waals surface area (Å²) in [5.74, 6) is 0.685. The molecule has 10 heteroatoms. The number of ether oxygens (including phenoxy) is 1. The molecule has 0 saturated heterocycles. The highest BCUT2D eigenvalue weighted by atomic mass is 35.5. The van der Waals surface area contributed by atoms with Crippen LogP contribution in [0.15, 0.2) is 71.8 Å². The first kappa shape index (κ1) is 25.9. The van der Waals surface area contributed by atoms with Crippen molar-refractivity contribution in [3.05, 3.63) is 92.9 Å². The largest absolute Gasteiger partial charge is 0.484 e. The van der Waals surface area contributed by atoms with Crippen molar-refractivity contribution in [2.24, 2.45) is 5.10 Å². The highest BCUT2D eigenvalue weighted by molar-refractivity contribution is 7.99. The fraction of sp³-hybridized carbons (Fsp3) is 0.125. The first-order valence-corrected chi connectivity index (χ1v) is 12.3. The summed E-state index contributed by atoms with van der Waals surface area (Å²) in [4.78, 5) is 24.0. The minimum Gasteiger partial charge on any atom is -0.484 e. The summed E-state index contributed by atoms with van der Waals surface area (Å²) in [7, 11) is 0. The molecule has 0 saturated carbocycles. The monoisotopic (exact) mass is 535 g/mol. The molecule has 0 bridgehead atoms. The molecule has 0 heterocycles. The molecule has 0 fully saturated rings. The lowest BCUT2D eigenvalue weighted by Gasteiger charge is -2.08. The number of halogens is 3. The van der Waals surface area contributed by atoms with Gasteiger partial charge < -0.3 is 10.1 Å². The van der Waals surface area contributed by atoms with E-state index in [1.165, 1.54) is 18.0 Å². The molecule has 0 radical (unpaired) electrons. The number of benzene rings is 3. The van der Waals surface area contributed by atoms with Crippen molar-refractivity contribution in [3.63, 3.8) is 0 Å². The Bertz CT molecular complexity index is 1150. The van der Waals surface area contributed by atoms with E-state index < -0.39 is 0 Å². The van der Waals surface area contributed by atoms with Gasteiger partial charge in [0.1, 0.15) is 5.75 Å². The minimum atomic E-state index is -0.323. The topological polar surface area (TPSA) is 79.8 Å². The molecule has 0 aliphatic heterocycles. The first-order valence-electron chi connectivity index (χ1n) is 10.0. The summed E-state index contributed by atoms with van der Waals surface area (Å²) in [5, 5.41) is 8.25. The minimum absolute atomic E-state index is 0.161. The summed E-state index contributed by atoms with van der Waals surface area (Å²) >= 11 is 19.7. The van der Waals surface area contributed by atoms with E-state index in [0.717, 1.165) is 11.1 Å². The Kier molecular flexibility index (Phi) is 10.1. The quantitative estimate of drug-likeness (QED) is 0.244. The third-order valence-electron chi connectivity index (χ3n) is 4.34. The number of hydrogen-bond acceptors (Lipinski definition) is 5. The van der Waals surface area contributed by atoms with Crippen LogP contribution in [0.1, 0.15) is 11.1 Å². The van der Waals surface area contributed by atoms with Crippen molar-refractivity contribution in [2.45, 2.75) is 5.75 Å². The van der Waals surface area contributed by atoms with Crippen molar-refractivity contribution >= 4 is 70.3 Å². The molecule has 6 nitrogen and oxygen atoms in total.